The molecule has 0 saturated carbocycles. The molecule has 0 heteroatoms. The monoisotopic (exact) mass is 140 g/mol. The van der Waals surface area contributed by atoms with Crippen molar-refractivity contribution in [2.75, 3.05) is 0 Å². The molecule has 0 spiro atoms. The molecule has 0 aliphatic rings. The molecular formula is C11H8. The van der Waals surface area contributed by atoms with E-state index in [0.717, 1.165) is 11.1 Å². The first-order chi connectivity index (χ1) is 5.36. The second kappa shape index (κ2) is 3.49. The highest BCUT2D eigenvalue weighted by Gasteiger charge is 1.87. The van der Waals surface area contributed by atoms with Gasteiger partial charge in [0, 0.05) is 11.1 Å². The molecule has 0 aromatic heterocycles. The Balaban J connectivity index is 3.10. The first-order valence-electron chi connectivity index (χ1n) is 3.36. The Labute approximate surface area is 67.3 Å². The van der Waals surface area contributed by atoms with Gasteiger partial charge in [-0.15, -0.1) is 12.3 Å². The van der Waals surface area contributed by atoms with E-state index in [2.05, 4.69) is 17.8 Å². The molecule has 0 bridgehead atoms. The van der Waals surface area contributed by atoms with Gasteiger partial charge in [-0.05, 0) is 25.1 Å². The van der Waals surface area contributed by atoms with E-state index in [9.17, 15) is 0 Å². The highest BCUT2D eigenvalue weighted by molar-refractivity contribution is 5.42. The summed E-state index contributed by atoms with van der Waals surface area (Å²) >= 11 is 0. The number of hydrogen-bond acceptors (Lipinski definition) is 0. The Kier molecular flexibility index (Phi) is 2.37. The number of hydrogen-bond donors (Lipinski definition) is 0. The van der Waals surface area contributed by atoms with Crippen molar-refractivity contribution in [3.8, 4) is 24.2 Å². The molecule has 0 fully saturated rings. The molecule has 0 N–H and O–H groups in total. The molecule has 0 heterocycles. The zero-order chi connectivity index (χ0) is 8.10. The lowest BCUT2D eigenvalue weighted by molar-refractivity contribution is 1.60. The third kappa shape index (κ3) is 1.88. The van der Waals surface area contributed by atoms with Gasteiger partial charge < -0.3 is 0 Å². The number of rotatable bonds is 0. The summed E-state index contributed by atoms with van der Waals surface area (Å²) < 4.78 is 0. The van der Waals surface area contributed by atoms with Crippen LogP contribution in [0.3, 0.4) is 0 Å². The van der Waals surface area contributed by atoms with Gasteiger partial charge in [-0.25, -0.2) is 0 Å². The summed E-state index contributed by atoms with van der Waals surface area (Å²) in [7, 11) is 0. The first-order valence-corrected chi connectivity index (χ1v) is 3.36. The second-order valence-corrected chi connectivity index (χ2v) is 2.10. The lowest BCUT2D eigenvalue weighted by atomic mass is 10.1. The average molecular weight is 140 g/mol. The molecule has 0 atom stereocenters. The van der Waals surface area contributed by atoms with Crippen molar-refractivity contribution in [3.05, 3.63) is 35.4 Å². The summed E-state index contributed by atoms with van der Waals surface area (Å²) in [6.07, 6.45) is 5.22. The van der Waals surface area contributed by atoms with Gasteiger partial charge in [-0.3, -0.25) is 0 Å². The van der Waals surface area contributed by atoms with Crippen molar-refractivity contribution < 1.29 is 0 Å². The molecule has 1 rings (SSSR count). The molecule has 11 heavy (non-hydrogen) atoms. The van der Waals surface area contributed by atoms with Crippen molar-refractivity contribution in [2.45, 2.75) is 6.92 Å². The van der Waals surface area contributed by atoms with Gasteiger partial charge in [0.15, 0.2) is 0 Å². The summed E-state index contributed by atoms with van der Waals surface area (Å²) in [5, 5.41) is 0. The second-order valence-electron chi connectivity index (χ2n) is 2.10. The predicted molar refractivity (Wildman–Crippen MR) is 46.9 cm³/mol. The lowest BCUT2D eigenvalue weighted by Gasteiger charge is -1.90. The van der Waals surface area contributed by atoms with Crippen LogP contribution in [0.2, 0.25) is 0 Å². The average Bonchev–Trinajstić information content (AvgIpc) is 2.06. The molecule has 1 aromatic carbocycles. The first kappa shape index (κ1) is 7.45. The fraction of sp³-hybridized carbons (Fsp3) is 0.0909. The number of benzene rings is 1. The maximum atomic E-state index is 5.22. The SMILES string of the molecule is C#Cc1cccc(C#CC)c1. The Hall–Kier alpha value is -1.66. The van der Waals surface area contributed by atoms with Crippen molar-refractivity contribution in [1.29, 1.82) is 0 Å². The van der Waals surface area contributed by atoms with E-state index < -0.39 is 0 Å². The fourth-order valence-electron chi connectivity index (χ4n) is 0.831. The van der Waals surface area contributed by atoms with Gasteiger partial charge in [0.25, 0.3) is 0 Å². The van der Waals surface area contributed by atoms with Crippen LogP contribution >= 0.6 is 0 Å². The molecule has 0 saturated heterocycles. The van der Waals surface area contributed by atoms with Crippen LogP contribution in [-0.4, -0.2) is 0 Å². The Morgan fingerprint density at radius 1 is 1.27 bits per heavy atom. The minimum atomic E-state index is 0.880. The molecule has 52 valence electrons. The molecule has 0 amide bonds. The summed E-state index contributed by atoms with van der Waals surface area (Å²) in [5.41, 5.74) is 1.85. The minimum Gasteiger partial charge on any atom is -0.115 e. The maximum Gasteiger partial charge on any atom is 0.0257 e. The Bertz CT molecular complexity index is 342. The quantitative estimate of drug-likeness (QED) is 0.484. The van der Waals surface area contributed by atoms with Crippen molar-refractivity contribution in [2.24, 2.45) is 0 Å². The number of terminal acetylenes is 1. The fourth-order valence-corrected chi connectivity index (χ4v) is 0.831. The smallest absolute Gasteiger partial charge is 0.0257 e. The van der Waals surface area contributed by atoms with Crippen LogP contribution in [0.5, 0.6) is 0 Å². The van der Waals surface area contributed by atoms with Gasteiger partial charge >= 0.3 is 0 Å². The summed E-state index contributed by atoms with van der Waals surface area (Å²) in [6.45, 7) is 1.81. The lowest BCUT2D eigenvalue weighted by Crippen LogP contribution is -1.76. The zero-order valence-corrected chi connectivity index (χ0v) is 6.39. The highest BCUT2D eigenvalue weighted by Crippen LogP contribution is 2.01. The highest BCUT2D eigenvalue weighted by atomic mass is 13.9. The Morgan fingerprint density at radius 3 is 2.64 bits per heavy atom. The van der Waals surface area contributed by atoms with Crippen LogP contribution in [0, 0.1) is 24.2 Å². The molecule has 1 aromatic rings. The largest absolute Gasteiger partial charge is 0.115 e. The molecule has 0 nitrogen and oxygen atoms in total. The molecule has 0 unspecified atom stereocenters. The summed E-state index contributed by atoms with van der Waals surface area (Å²) in [6, 6.07) is 7.64. The van der Waals surface area contributed by atoms with Gasteiger partial charge in [0.1, 0.15) is 0 Å². The molecular weight excluding hydrogens is 132 g/mol. The molecule has 0 radical (unpaired) electrons. The maximum absolute atomic E-state index is 5.22. The van der Waals surface area contributed by atoms with Crippen LogP contribution in [0.25, 0.3) is 0 Å². The van der Waals surface area contributed by atoms with Crippen LogP contribution < -0.4 is 0 Å². The summed E-state index contributed by atoms with van der Waals surface area (Å²) in [5.74, 6) is 8.31. The van der Waals surface area contributed by atoms with Crippen molar-refractivity contribution in [3.63, 3.8) is 0 Å². The third-order valence-corrected chi connectivity index (χ3v) is 1.30. The molecule has 0 aliphatic carbocycles. The topological polar surface area (TPSA) is 0 Å². The van der Waals surface area contributed by atoms with E-state index in [1.807, 2.05) is 31.2 Å². The Morgan fingerprint density at radius 2 is 2.00 bits per heavy atom. The van der Waals surface area contributed by atoms with Crippen LogP contribution in [-0.2, 0) is 0 Å². The zero-order valence-electron chi connectivity index (χ0n) is 6.39. The standard InChI is InChI=1S/C11H8/c1-3-6-11-8-5-7-10(4-2)9-11/h2,5,7-9H,1H3. The van der Waals surface area contributed by atoms with Crippen molar-refractivity contribution in [1.82, 2.24) is 0 Å². The predicted octanol–water partition coefficient (Wildman–Crippen LogP) is 2.04. The van der Waals surface area contributed by atoms with Gasteiger partial charge in [0.2, 0.25) is 0 Å². The van der Waals surface area contributed by atoms with Crippen LogP contribution in [0.1, 0.15) is 18.1 Å². The molecule has 0 aliphatic heterocycles. The van der Waals surface area contributed by atoms with E-state index in [1.165, 1.54) is 0 Å². The van der Waals surface area contributed by atoms with Crippen LogP contribution in [0.4, 0.5) is 0 Å². The normalized spacial score (nSPS) is 7.64. The van der Waals surface area contributed by atoms with E-state index in [0.29, 0.717) is 0 Å². The van der Waals surface area contributed by atoms with Crippen molar-refractivity contribution >= 4 is 0 Å². The minimum absolute atomic E-state index is 0.880. The van der Waals surface area contributed by atoms with Gasteiger partial charge in [0.05, 0.1) is 0 Å². The van der Waals surface area contributed by atoms with E-state index in [-0.39, 0.29) is 0 Å². The summed E-state index contributed by atoms with van der Waals surface area (Å²) in [4.78, 5) is 0. The van der Waals surface area contributed by atoms with E-state index >= 15 is 0 Å². The van der Waals surface area contributed by atoms with E-state index in [1.54, 1.807) is 0 Å². The van der Waals surface area contributed by atoms with Gasteiger partial charge in [-0.2, -0.15) is 0 Å². The van der Waals surface area contributed by atoms with Gasteiger partial charge in [-0.1, -0.05) is 17.9 Å². The van der Waals surface area contributed by atoms with E-state index in [4.69, 9.17) is 6.42 Å². The van der Waals surface area contributed by atoms with Crippen LogP contribution in [0.15, 0.2) is 24.3 Å². The third-order valence-electron chi connectivity index (χ3n) is 1.30.